The number of carbonyl (C=O) groups is 2. The fraction of sp³-hybridized carbons (Fsp3) is 0.600. The monoisotopic (exact) mass is 392 g/mol. The maximum atomic E-state index is 12.2. The van der Waals surface area contributed by atoms with Crippen LogP contribution in [-0.4, -0.2) is 66.4 Å². The summed E-state index contributed by atoms with van der Waals surface area (Å²) in [6, 6.07) is 7.87. The van der Waals surface area contributed by atoms with Crippen LogP contribution in [0, 0.1) is 0 Å². The highest BCUT2D eigenvalue weighted by atomic mass is 35.5. The first kappa shape index (κ1) is 20.1. The maximum absolute atomic E-state index is 12.2. The molecule has 148 valence electrons. The van der Waals surface area contributed by atoms with Crippen LogP contribution in [0.3, 0.4) is 0 Å². The second-order valence-electron chi connectivity index (χ2n) is 7.45. The first-order chi connectivity index (χ1) is 13.0. The Morgan fingerprint density at radius 2 is 1.89 bits per heavy atom. The SMILES string of the molecule is CC(C(=O)NC1CC1)N1CCN(CCC(=O)NCc2ccccc2Cl)CC1. The van der Waals surface area contributed by atoms with Gasteiger partial charge in [-0.3, -0.25) is 14.5 Å². The van der Waals surface area contributed by atoms with Crippen LogP contribution in [0.5, 0.6) is 0 Å². The van der Waals surface area contributed by atoms with Crippen LogP contribution in [0.25, 0.3) is 0 Å². The van der Waals surface area contributed by atoms with E-state index in [-0.39, 0.29) is 17.9 Å². The van der Waals surface area contributed by atoms with E-state index in [9.17, 15) is 9.59 Å². The number of hydrogen-bond acceptors (Lipinski definition) is 4. The number of carbonyl (C=O) groups excluding carboxylic acids is 2. The fourth-order valence-corrected chi connectivity index (χ4v) is 3.48. The first-order valence-electron chi connectivity index (χ1n) is 9.80. The molecule has 1 heterocycles. The Morgan fingerprint density at radius 3 is 2.56 bits per heavy atom. The minimum atomic E-state index is -0.0772. The van der Waals surface area contributed by atoms with Gasteiger partial charge in [-0.2, -0.15) is 0 Å². The molecular formula is C20H29ClN4O2. The number of halogens is 1. The number of rotatable bonds is 8. The summed E-state index contributed by atoms with van der Waals surface area (Å²) in [5.41, 5.74) is 0.930. The van der Waals surface area contributed by atoms with Crippen LogP contribution < -0.4 is 10.6 Å². The molecule has 1 unspecified atom stereocenters. The Bertz CT molecular complexity index is 657. The molecule has 2 amide bonds. The number of amides is 2. The molecule has 0 bridgehead atoms. The highest BCUT2D eigenvalue weighted by Crippen LogP contribution is 2.19. The third-order valence-electron chi connectivity index (χ3n) is 5.35. The normalized spacial score (nSPS) is 19.5. The number of benzene rings is 1. The minimum Gasteiger partial charge on any atom is -0.352 e. The van der Waals surface area contributed by atoms with E-state index in [1.807, 2.05) is 31.2 Å². The second-order valence-corrected chi connectivity index (χ2v) is 7.86. The van der Waals surface area contributed by atoms with E-state index in [4.69, 9.17) is 11.6 Å². The molecule has 27 heavy (non-hydrogen) atoms. The third-order valence-corrected chi connectivity index (χ3v) is 5.72. The van der Waals surface area contributed by atoms with Crippen molar-refractivity contribution in [2.75, 3.05) is 32.7 Å². The smallest absolute Gasteiger partial charge is 0.237 e. The van der Waals surface area contributed by atoms with Gasteiger partial charge in [0.1, 0.15) is 0 Å². The molecule has 1 atom stereocenters. The van der Waals surface area contributed by atoms with Gasteiger partial charge >= 0.3 is 0 Å². The van der Waals surface area contributed by atoms with Gasteiger partial charge in [-0.05, 0) is 31.4 Å². The summed E-state index contributed by atoms with van der Waals surface area (Å²) in [7, 11) is 0. The molecule has 6 nitrogen and oxygen atoms in total. The van der Waals surface area contributed by atoms with Crippen LogP contribution in [0.15, 0.2) is 24.3 Å². The quantitative estimate of drug-likeness (QED) is 0.705. The summed E-state index contributed by atoms with van der Waals surface area (Å²) in [4.78, 5) is 28.8. The predicted octanol–water partition coefficient (Wildman–Crippen LogP) is 1.63. The molecule has 2 aliphatic rings. The second kappa shape index (κ2) is 9.53. The van der Waals surface area contributed by atoms with E-state index in [1.54, 1.807) is 0 Å². The molecular weight excluding hydrogens is 364 g/mol. The van der Waals surface area contributed by atoms with Gasteiger partial charge in [-0.15, -0.1) is 0 Å². The summed E-state index contributed by atoms with van der Waals surface area (Å²) in [5.74, 6) is 0.180. The lowest BCUT2D eigenvalue weighted by Gasteiger charge is -2.37. The largest absolute Gasteiger partial charge is 0.352 e. The van der Waals surface area contributed by atoms with E-state index in [0.717, 1.165) is 51.1 Å². The van der Waals surface area contributed by atoms with Crippen LogP contribution in [0.1, 0.15) is 31.7 Å². The highest BCUT2D eigenvalue weighted by Gasteiger charge is 2.29. The zero-order valence-corrected chi connectivity index (χ0v) is 16.7. The van der Waals surface area contributed by atoms with Gasteiger partial charge in [0.25, 0.3) is 0 Å². The van der Waals surface area contributed by atoms with Crippen molar-refractivity contribution in [2.24, 2.45) is 0 Å². The van der Waals surface area contributed by atoms with Gasteiger partial charge in [0.05, 0.1) is 6.04 Å². The van der Waals surface area contributed by atoms with Gasteiger partial charge in [0.15, 0.2) is 0 Å². The Morgan fingerprint density at radius 1 is 1.19 bits per heavy atom. The van der Waals surface area contributed by atoms with Crippen molar-refractivity contribution in [3.05, 3.63) is 34.9 Å². The van der Waals surface area contributed by atoms with Gasteiger partial charge in [0.2, 0.25) is 11.8 Å². The molecule has 0 spiro atoms. The lowest BCUT2D eigenvalue weighted by Crippen LogP contribution is -2.54. The van der Waals surface area contributed by atoms with E-state index >= 15 is 0 Å². The Balaban J connectivity index is 1.32. The van der Waals surface area contributed by atoms with E-state index in [1.165, 1.54) is 0 Å². The van der Waals surface area contributed by atoms with Crippen LogP contribution in [0.4, 0.5) is 0 Å². The molecule has 0 radical (unpaired) electrons. The van der Waals surface area contributed by atoms with E-state index < -0.39 is 0 Å². The Labute approximate surface area is 166 Å². The van der Waals surface area contributed by atoms with Crippen molar-refractivity contribution in [3.63, 3.8) is 0 Å². The number of nitrogens with zero attached hydrogens (tertiary/aromatic N) is 2. The summed E-state index contributed by atoms with van der Waals surface area (Å²) in [5, 5.41) is 6.68. The summed E-state index contributed by atoms with van der Waals surface area (Å²) < 4.78 is 0. The van der Waals surface area contributed by atoms with E-state index in [2.05, 4.69) is 20.4 Å². The minimum absolute atomic E-state index is 0.0366. The summed E-state index contributed by atoms with van der Waals surface area (Å²) in [6.45, 7) is 6.68. The van der Waals surface area contributed by atoms with Crippen molar-refractivity contribution < 1.29 is 9.59 Å². The number of piperazine rings is 1. The van der Waals surface area contributed by atoms with E-state index in [0.29, 0.717) is 24.0 Å². The van der Waals surface area contributed by atoms with Crippen LogP contribution >= 0.6 is 11.6 Å². The van der Waals surface area contributed by atoms with Crippen LogP contribution in [-0.2, 0) is 16.1 Å². The third kappa shape index (κ3) is 6.19. The molecule has 1 saturated heterocycles. The molecule has 2 N–H and O–H groups in total. The molecule has 2 fully saturated rings. The zero-order chi connectivity index (χ0) is 19.2. The number of nitrogens with one attached hydrogen (secondary N) is 2. The summed E-state index contributed by atoms with van der Waals surface area (Å²) >= 11 is 6.11. The number of hydrogen-bond donors (Lipinski definition) is 2. The predicted molar refractivity (Wildman–Crippen MR) is 107 cm³/mol. The summed E-state index contributed by atoms with van der Waals surface area (Å²) in [6.07, 6.45) is 2.71. The van der Waals surface area contributed by atoms with Crippen molar-refractivity contribution >= 4 is 23.4 Å². The molecule has 3 rings (SSSR count). The van der Waals surface area contributed by atoms with Gasteiger partial charge in [-0.25, -0.2) is 0 Å². The molecule has 1 aromatic rings. The van der Waals surface area contributed by atoms with Crippen molar-refractivity contribution in [3.8, 4) is 0 Å². The van der Waals surface area contributed by atoms with Crippen molar-refractivity contribution in [1.82, 2.24) is 20.4 Å². The van der Waals surface area contributed by atoms with Crippen molar-refractivity contribution in [2.45, 2.75) is 44.8 Å². The molecule has 1 aliphatic carbocycles. The Hall–Kier alpha value is -1.63. The maximum Gasteiger partial charge on any atom is 0.237 e. The molecule has 7 heteroatoms. The topological polar surface area (TPSA) is 64.7 Å². The van der Waals surface area contributed by atoms with Gasteiger partial charge in [-0.1, -0.05) is 29.8 Å². The zero-order valence-electron chi connectivity index (χ0n) is 15.9. The average molecular weight is 393 g/mol. The molecule has 1 aliphatic heterocycles. The van der Waals surface area contributed by atoms with Gasteiger partial charge < -0.3 is 15.5 Å². The fourth-order valence-electron chi connectivity index (χ4n) is 3.27. The van der Waals surface area contributed by atoms with Gasteiger partial charge in [0, 0.05) is 56.8 Å². The Kier molecular flexibility index (Phi) is 7.10. The molecule has 0 aromatic heterocycles. The van der Waals surface area contributed by atoms with Crippen LogP contribution in [0.2, 0.25) is 5.02 Å². The molecule has 1 saturated carbocycles. The first-order valence-corrected chi connectivity index (χ1v) is 10.2. The van der Waals surface area contributed by atoms with Crippen molar-refractivity contribution in [1.29, 1.82) is 0 Å². The average Bonchev–Trinajstić information content (AvgIpc) is 3.49. The lowest BCUT2D eigenvalue weighted by molar-refractivity contribution is -0.126. The molecule has 1 aromatic carbocycles. The lowest BCUT2D eigenvalue weighted by atomic mass is 10.2. The standard InChI is InChI=1S/C20H29ClN4O2/c1-15(20(27)23-17-6-7-17)25-12-10-24(11-13-25)9-8-19(26)22-14-16-4-2-3-5-18(16)21/h2-5,15,17H,6-14H2,1H3,(H,22,26)(H,23,27). The highest BCUT2D eigenvalue weighted by molar-refractivity contribution is 6.31.